The van der Waals surface area contributed by atoms with Crippen molar-refractivity contribution in [2.45, 2.75) is 32.9 Å². The van der Waals surface area contributed by atoms with Crippen LogP contribution in [0.15, 0.2) is 78.9 Å². The summed E-state index contributed by atoms with van der Waals surface area (Å²) < 4.78 is 42.2. The number of amides is 2. The van der Waals surface area contributed by atoms with Crippen LogP contribution in [0.4, 0.5) is 10.1 Å². The van der Waals surface area contributed by atoms with Crippen LogP contribution in [-0.2, 0) is 32.8 Å². The molecule has 3 aromatic carbocycles. The van der Waals surface area contributed by atoms with Crippen LogP contribution < -0.4 is 9.62 Å². The summed E-state index contributed by atoms with van der Waals surface area (Å²) in [4.78, 5) is 29.2. The summed E-state index contributed by atoms with van der Waals surface area (Å²) in [6.45, 7) is 3.76. The maximum Gasteiger partial charge on any atom is 0.304 e. The molecule has 0 aliphatic rings. The molecule has 0 saturated heterocycles. The van der Waals surface area contributed by atoms with E-state index in [0.717, 1.165) is 26.3 Å². The number of rotatable bonds is 13. The highest BCUT2D eigenvalue weighted by atomic mass is 35.5. The minimum atomic E-state index is -4.16. The van der Waals surface area contributed by atoms with E-state index in [1.165, 1.54) is 31.1 Å². The molecule has 2 amide bonds. The Morgan fingerprint density at radius 2 is 1.51 bits per heavy atom. The highest BCUT2D eigenvalue weighted by Gasteiger charge is 2.34. The molecule has 41 heavy (non-hydrogen) atoms. The van der Waals surface area contributed by atoms with Crippen LogP contribution in [0.3, 0.4) is 0 Å². The number of anilines is 1. The van der Waals surface area contributed by atoms with Crippen LogP contribution in [0.2, 0.25) is 5.02 Å². The summed E-state index contributed by atoms with van der Waals surface area (Å²) in [6.07, 6.45) is 0.209. The molecule has 3 rings (SSSR count). The van der Waals surface area contributed by atoms with E-state index in [4.69, 9.17) is 11.6 Å². The van der Waals surface area contributed by atoms with Gasteiger partial charge < -0.3 is 10.2 Å². The van der Waals surface area contributed by atoms with E-state index in [9.17, 15) is 22.4 Å². The Hall–Kier alpha value is -3.47. The maximum atomic E-state index is 14.1. The Balaban J connectivity index is 2.07. The first kappa shape index (κ1) is 32.0. The van der Waals surface area contributed by atoms with Crippen molar-refractivity contribution in [3.8, 4) is 0 Å². The molecule has 0 aliphatic carbocycles. The third-order valence-corrected chi connectivity index (χ3v) is 8.43. The third-order valence-electron chi connectivity index (χ3n) is 6.36. The molecule has 1 N–H and O–H groups in total. The van der Waals surface area contributed by atoms with E-state index >= 15 is 0 Å². The van der Waals surface area contributed by atoms with Gasteiger partial charge in [0.2, 0.25) is 11.8 Å². The van der Waals surface area contributed by atoms with Gasteiger partial charge >= 0.3 is 10.2 Å². The van der Waals surface area contributed by atoms with E-state index in [-0.39, 0.29) is 30.5 Å². The van der Waals surface area contributed by atoms with Crippen molar-refractivity contribution in [3.05, 3.63) is 101 Å². The number of carbonyl (C=O) groups is 2. The molecule has 8 nitrogen and oxygen atoms in total. The van der Waals surface area contributed by atoms with Crippen molar-refractivity contribution < 1.29 is 22.4 Å². The zero-order valence-corrected chi connectivity index (χ0v) is 25.2. The molecule has 0 bridgehead atoms. The van der Waals surface area contributed by atoms with E-state index in [0.29, 0.717) is 17.1 Å². The largest absolute Gasteiger partial charge is 0.354 e. The standard InChI is InChI=1S/C30H36ClFN4O4S/c1-22(2)19-33-30(38)28(18-23-8-6-5-7-9-23)35(20-24-10-12-25(31)13-11-24)29(37)21-36(41(39,40)34(3)4)27-16-14-26(32)15-17-27/h5-17,22,28H,18-21H2,1-4H3,(H,33,38)/t28-/m1/s1. The second kappa shape index (κ2) is 14.4. The van der Waals surface area contributed by atoms with Crippen molar-refractivity contribution in [2.75, 3.05) is 31.5 Å². The van der Waals surface area contributed by atoms with E-state index in [1.54, 1.807) is 24.3 Å². The summed E-state index contributed by atoms with van der Waals surface area (Å²) in [7, 11) is -1.47. The zero-order chi connectivity index (χ0) is 30.2. The summed E-state index contributed by atoms with van der Waals surface area (Å²) in [5, 5.41) is 3.45. The quantitative estimate of drug-likeness (QED) is 0.312. The van der Waals surface area contributed by atoms with Gasteiger partial charge in [0.05, 0.1) is 5.69 Å². The minimum absolute atomic E-state index is 0.0296. The third kappa shape index (κ3) is 9.01. The number of nitrogens with zero attached hydrogens (tertiary/aromatic N) is 3. The molecular formula is C30H36ClFN4O4S. The van der Waals surface area contributed by atoms with Gasteiger partial charge in [-0.15, -0.1) is 0 Å². The van der Waals surface area contributed by atoms with Crippen LogP contribution in [-0.4, -0.2) is 62.7 Å². The van der Waals surface area contributed by atoms with Gasteiger partial charge in [0.1, 0.15) is 18.4 Å². The van der Waals surface area contributed by atoms with Crippen molar-refractivity contribution >= 4 is 39.3 Å². The topological polar surface area (TPSA) is 90.0 Å². The number of nitrogens with one attached hydrogen (secondary N) is 1. The van der Waals surface area contributed by atoms with Crippen LogP contribution in [0, 0.1) is 11.7 Å². The highest BCUT2D eigenvalue weighted by Crippen LogP contribution is 2.22. The lowest BCUT2D eigenvalue weighted by molar-refractivity contribution is -0.140. The van der Waals surface area contributed by atoms with E-state index in [2.05, 4.69) is 5.32 Å². The number of carbonyl (C=O) groups excluding carboxylic acids is 2. The highest BCUT2D eigenvalue weighted by molar-refractivity contribution is 7.90. The first-order valence-electron chi connectivity index (χ1n) is 13.2. The molecule has 0 unspecified atom stereocenters. The molecule has 0 heterocycles. The SMILES string of the molecule is CC(C)CNC(=O)[C@@H](Cc1ccccc1)N(Cc1ccc(Cl)cc1)C(=O)CN(c1ccc(F)cc1)S(=O)(=O)N(C)C. The summed E-state index contributed by atoms with van der Waals surface area (Å²) in [6, 6.07) is 20.1. The Bertz CT molecular complexity index is 1400. The predicted octanol–water partition coefficient (Wildman–Crippen LogP) is 4.50. The van der Waals surface area contributed by atoms with Gasteiger partial charge in [-0.2, -0.15) is 12.7 Å². The molecule has 3 aromatic rings. The molecule has 1 atom stereocenters. The second-order valence-corrected chi connectivity index (χ2v) is 12.8. The van der Waals surface area contributed by atoms with Gasteiger partial charge in [-0.1, -0.05) is 67.9 Å². The van der Waals surface area contributed by atoms with Gasteiger partial charge in [0.25, 0.3) is 0 Å². The van der Waals surface area contributed by atoms with Crippen molar-refractivity contribution in [1.82, 2.24) is 14.5 Å². The fourth-order valence-corrected chi connectivity index (χ4v) is 5.27. The van der Waals surface area contributed by atoms with Gasteiger partial charge in [0.15, 0.2) is 0 Å². The number of hydrogen-bond donors (Lipinski definition) is 1. The Morgan fingerprint density at radius 3 is 2.07 bits per heavy atom. The molecule has 11 heteroatoms. The van der Waals surface area contributed by atoms with Crippen molar-refractivity contribution in [3.63, 3.8) is 0 Å². The molecule has 0 fully saturated rings. The van der Waals surface area contributed by atoms with Crippen LogP contribution >= 0.6 is 11.6 Å². The molecule has 0 saturated carbocycles. The average molecular weight is 603 g/mol. The number of halogens is 2. The first-order valence-corrected chi connectivity index (χ1v) is 15.0. The Morgan fingerprint density at radius 1 is 0.902 bits per heavy atom. The number of benzene rings is 3. The van der Waals surface area contributed by atoms with E-state index in [1.807, 2.05) is 44.2 Å². The lowest BCUT2D eigenvalue weighted by atomic mass is 10.0. The van der Waals surface area contributed by atoms with Crippen molar-refractivity contribution in [2.24, 2.45) is 5.92 Å². The minimum Gasteiger partial charge on any atom is -0.354 e. The predicted molar refractivity (Wildman–Crippen MR) is 160 cm³/mol. The lowest BCUT2D eigenvalue weighted by Crippen LogP contribution is -2.54. The normalized spacial score (nSPS) is 12.3. The molecule has 0 aliphatic heterocycles. The van der Waals surface area contributed by atoms with Crippen LogP contribution in [0.1, 0.15) is 25.0 Å². The molecule has 0 radical (unpaired) electrons. The first-order chi connectivity index (χ1) is 19.4. The molecule has 220 valence electrons. The fourth-order valence-electron chi connectivity index (χ4n) is 4.09. The van der Waals surface area contributed by atoms with E-state index < -0.39 is 34.5 Å². The van der Waals surface area contributed by atoms with Gasteiger partial charge in [-0.25, -0.2) is 8.70 Å². The molecular weight excluding hydrogens is 567 g/mol. The molecule has 0 spiro atoms. The Kier molecular flexibility index (Phi) is 11.3. The zero-order valence-electron chi connectivity index (χ0n) is 23.6. The van der Waals surface area contributed by atoms with Gasteiger partial charge in [-0.3, -0.25) is 9.59 Å². The maximum absolute atomic E-state index is 14.1. The lowest BCUT2D eigenvalue weighted by Gasteiger charge is -2.34. The summed E-state index contributed by atoms with van der Waals surface area (Å²) in [5.41, 5.74) is 1.66. The van der Waals surface area contributed by atoms with Crippen molar-refractivity contribution in [1.29, 1.82) is 0 Å². The van der Waals surface area contributed by atoms with Crippen LogP contribution in [0.25, 0.3) is 0 Å². The Labute approximate surface area is 246 Å². The van der Waals surface area contributed by atoms with Gasteiger partial charge in [-0.05, 0) is 53.4 Å². The second-order valence-electron chi connectivity index (χ2n) is 10.3. The monoisotopic (exact) mass is 602 g/mol. The number of hydrogen-bond acceptors (Lipinski definition) is 4. The molecule has 0 aromatic heterocycles. The van der Waals surface area contributed by atoms with Gasteiger partial charge in [0, 0.05) is 38.6 Å². The summed E-state index contributed by atoms with van der Waals surface area (Å²) in [5.74, 6) is -1.32. The summed E-state index contributed by atoms with van der Waals surface area (Å²) >= 11 is 6.08. The van der Waals surface area contributed by atoms with Crippen LogP contribution in [0.5, 0.6) is 0 Å². The average Bonchev–Trinajstić information content (AvgIpc) is 2.94. The smallest absolute Gasteiger partial charge is 0.304 e. The fraction of sp³-hybridized carbons (Fsp3) is 0.333.